The molecule has 2 amide bonds. The largest absolute Gasteiger partial charge is 0.382 e. The van der Waals surface area contributed by atoms with Crippen LogP contribution in [0.3, 0.4) is 0 Å². The van der Waals surface area contributed by atoms with Crippen molar-refractivity contribution in [3.05, 3.63) is 63.5 Å². The van der Waals surface area contributed by atoms with Crippen LogP contribution >= 0.6 is 11.3 Å². The molecule has 0 fully saturated rings. The summed E-state index contributed by atoms with van der Waals surface area (Å²) in [6.45, 7) is 5.54. The number of hydrogen-bond donors (Lipinski definition) is 2. The molecule has 1 aromatic heterocycles. The van der Waals surface area contributed by atoms with Crippen molar-refractivity contribution in [2.45, 2.75) is 20.3 Å². The summed E-state index contributed by atoms with van der Waals surface area (Å²) in [5.41, 5.74) is 1.64. The average molecular weight is 372 g/mol. The number of aryl methyl sites for hydroxylation is 1. The van der Waals surface area contributed by atoms with Crippen LogP contribution in [0.1, 0.15) is 34.1 Å². The smallest absolute Gasteiger partial charge is 0.267 e. The molecule has 0 saturated carbocycles. The second kappa shape index (κ2) is 10.5. The van der Waals surface area contributed by atoms with E-state index in [-0.39, 0.29) is 17.5 Å². The highest BCUT2D eigenvalue weighted by atomic mass is 32.1. The predicted molar refractivity (Wildman–Crippen MR) is 105 cm³/mol. The van der Waals surface area contributed by atoms with Crippen LogP contribution in [0.25, 0.3) is 6.08 Å². The van der Waals surface area contributed by atoms with Crippen LogP contribution < -0.4 is 10.6 Å². The lowest BCUT2D eigenvalue weighted by Crippen LogP contribution is -2.35. The van der Waals surface area contributed by atoms with Crippen LogP contribution in [0.4, 0.5) is 0 Å². The first-order chi connectivity index (χ1) is 12.6. The molecule has 0 atom stereocenters. The Morgan fingerprint density at radius 2 is 2.00 bits per heavy atom. The van der Waals surface area contributed by atoms with Crippen molar-refractivity contribution in [1.82, 2.24) is 10.6 Å². The van der Waals surface area contributed by atoms with Gasteiger partial charge in [0.1, 0.15) is 5.70 Å². The number of carbonyl (C=O) groups excluding carboxylic acids is 2. The fourth-order valence-electron chi connectivity index (χ4n) is 2.31. The summed E-state index contributed by atoms with van der Waals surface area (Å²) in [6.07, 6.45) is 2.41. The lowest BCUT2D eigenvalue weighted by atomic mass is 10.1. The molecule has 0 aliphatic carbocycles. The first kappa shape index (κ1) is 19.9. The third-order valence-electron chi connectivity index (χ3n) is 3.67. The number of thiophene rings is 1. The number of benzene rings is 1. The van der Waals surface area contributed by atoms with E-state index in [0.717, 1.165) is 16.9 Å². The van der Waals surface area contributed by atoms with Gasteiger partial charge in [0.05, 0.1) is 0 Å². The van der Waals surface area contributed by atoms with Crippen LogP contribution in [0.5, 0.6) is 0 Å². The number of rotatable bonds is 9. The maximum absolute atomic E-state index is 12.6. The Morgan fingerprint density at radius 1 is 1.19 bits per heavy atom. The second-order valence-corrected chi connectivity index (χ2v) is 6.63. The Balaban J connectivity index is 2.08. The summed E-state index contributed by atoms with van der Waals surface area (Å²) in [5, 5.41) is 7.50. The van der Waals surface area contributed by atoms with Gasteiger partial charge < -0.3 is 15.4 Å². The zero-order chi connectivity index (χ0) is 18.8. The summed E-state index contributed by atoms with van der Waals surface area (Å²) in [7, 11) is 0. The van der Waals surface area contributed by atoms with Gasteiger partial charge in [0.2, 0.25) is 0 Å². The molecule has 138 valence electrons. The molecule has 2 N–H and O–H groups in total. The molecule has 2 aromatic rings. The van der Waals surface area contributed by atoms with Gasteiger partial charge >= 0.3 is 0 Å². The minimum atomic E-state index is -0.308. The van der Waals surface area contributed by atoms with Gasteiger partial charge in [-0.25, -0.2) is 0 Å². The molecule has 0 aliphatic heterocycles. The molecule has 0 aliphatic rings. The quantitative estimate of drug-likeness (QED) is 0.524. The Bertz CT molecular complexity index is 754. The van der Waals surface area contributed by atoms with E-state index in [4.69, 9.17) is 4.74 Å². The fourth-order valence-corrected chi connectivity index (χ4v) is 2.96. The zero-order valence-corrected chi connectivity index (χ0v) is 15.9. The summed E-state index contributed by atoms with van der Waals surface area (Å²) >= 11 is 1.50. The van der Waals surface area contributed by atoms with Gasteiger partial charge in [-0.05, 0) is 49.4 Å². The Morgan fingerprint density at radius 3 is 2.69 bits per heavy atom. The molecule has 1 heterocycles. The van der Waals surface area contributed by atoms with E-state index >= 15 is 0 Å². The summed E-state index contributed by atoms with van der Waals surface area (Å²) < 4.78 is 5.26. The third-order valence-corrected chi connectivity index (χ3v) is 4.49. The Hall–Kier alpha value is -2.44. The van der Waals surface area contributed by atoms with Crippen molar-refractivity contribution in [1.29, 1.82) is 0 Å². The molecular weight excluding hydrogens is 348 g/mol. The zero-order valence-electron chi connectivity index (χ0n) is 15.1. The first-order valence-electron chi connectivity index (χ1n) is 8.60. The van der Waals surface area contributed by atoms with Crippen molar-refractivity contribution in [2.24, 2.45) is 0 Å². The van der Waals surface area contributed by atoms with Crippen LogP contribution in [-0.2, 0) is 9.53 Å². The van der Waals surface area contributed by atoms with Crippen molar-refractivity contribution in [2.75, 3.05) is 19.8 Å². The summed E-state index contributed by atoms with van der Waals surface area (Å²) in [4.78, 5) is 26.0. The molecule has 0 radical (unpaired) electrons. The van der Waals surface area contributed by atoms with Gasteiger partial charge in [0.25, 0.3) is 11.8 Å². The van der Waals surface area contributed by atoms with Crippen LogP contribution in [-0.4, -0.2) is 31.6 Å². The molecular formula is C20H24N2O3S. The molecule has 0 unspecified atom stereocenters. The number of amides is 2. The minimum Gasteiger partial charge on any atom is -0.382 e. The monoisotopic (exact) mass is 372 g/mol. The molecule has 6 heteroatoms. The van der Waals surface area contributed by atoms with E-state index in [1.165, 1.54) is 11.3 Å². The molecule has 2 rings (SSSR count). The lowest BCUT2D eigenvalue weighted by molar-refractivity contribution is -0.117. The van der Waals surface area contributed by atoms with Crippen molar-refractivity contribution in [3.8, 4) is 0 Å². The molecule has 0 spiro atoms. The van der Waals surface area contributed by atoms with Gasteiger partial charge in [0.15, 0.2) is 0 Å². The van der Waals surface area contributed by atoms with Gasteiger partial charge in [0, 0.05) is 30.2 Å². The normalized spacial score (nSPS) is 11.2. The Kier molecular flexibility index (Phi) is 8.05. The maximum Gasteiger partial charge on any atom is 0.267 e. The van der Waals surface area contributed by atoms with Gasteiger partial charge in [-0.1, -0.05) is 24.3 Å². The van der Waals surface area contributed by atoms with Gasteiger partial charge in [-0.15, -0.1) is 11.3 Å². The van der Waals surface area contributed by atoms with E-state index in [1.54, 1.807) is 18.2 Å². The predicted octanol–water partition coefficient (Wildman–Crippen LogP) is 3.37. The first-order valence-corrected chi connectivity index (χ1v) is 9.48. The number of nitrogens with one attached hydrogen (secondary N) is 2. The van der Waals surface area contributed by atoms with Crippen LogP contribution in [0.15, 0.2) is 47.5 Å². The number of carbonyl (C=O) groups is 2. The number of ether oxygens (including phenoxy) is 1. The van der Waals surface area contributed by atoms with E-state index in [2.05, 4.69) is 10.6 Å². The molecule has 5 nitrogen and oxygen atoms in total. The van der Waals surface area contributed by atoms with Crippen molar-refractivity contribution < 1.29 is 14.3 Å². The fraction of sp³-hybridized carbons (Fsp3) is 0.300. The lowest BCUT2D eigenvalue weighted by Gasteiger charge is -2.12. The van der Waals surface area contributed by atoms with Gasteiger partial charge in [-0.2, -0.15) is 0 Å². The van der Waals surface area contributed by atoms with E-state index in [9.17, 15) is 9.59 Å². The van der Waals surface area contributed by atoms with E-state index < -0.39 is 0 Å². The Labute approximate surface area is 158 Å². The van der Waals surface area contributed by atoms with Crippen molar-refractivity contribution >= 4 is 29.2 Å². The van der Waals surface area contributed by atoms with Crippen molar-refractivity contribution in [3.63, 3.8) is 0 Å². The summed E-state index contributed by atoms with van der Waals surface area (Å²) in [6, 6.07) is 11.1. The second-order valence-electron chi connectivity index (χ2n) is 5.65. The van der Waals surface area contributed by atoms with Crippen LogP contribution in [0, 0.1) is 6.92 Å². The molecule has 0 saturated heterocycles. The third kappa shape index (κ3) is 6.13. The highest BCUT2D eigenvalue weighted by Gasteiger charge is 2.15. The summed E-state index contributed by atoms with van der Waals surface area (Å²) in [5.74, 6) is -0.604. The minimum absolute atomic E-state index is 0.233. The number of hydrogen-bond acceptors (Lipinski definition) is 4. The van der Waals surface area contributed by atoms with E-state index in [0.29, 0.717) is 25.3 Å². The topological polar surface area (TPSA) is 67.4 Å². The average Bonchev–Trinajstić information content (AvgIpc) is 3.14. The molecule has 1 aromatic carbocycles. The van der Waals surface area contributed by atoms with Gasteiger partial charge in [-0.3, -0.25) is 9.59 Å². The van der Waals surface area contributed by atoms with Crippen LogP contribution in [0.2, 0.25) is 0 Å². The maximum atomic E-state index is 12.6. The highest BCUT2D eigenvalue weighted by molar-refractivity contribution is 7.10. The standard InChI is InChI=1S/C20H24N2O3S/c1-3-25-12-7-11-21-20(24)18(14-16-9-6-13-26-16)22-19(23)17-10-5-4-8-15(17)2/h4-6,8-10,13-14H,3,7,11-12H2,1-2H3,(H,21,24)(H,22,23)/b18-14-. The highest BCUT2D eigenvalue weighted by Crippen LogP contribution is 2.14. The van der Waals surface area contributed by atoms with E-state index in [1.807, 2.05) is 43.5 Å². The SMILES string of the molecule is CCOCCCNC(=O)/C(=C/c1cccs1)NC(=O)c1ccccc1C. The molecule has 26 heavy (non-hydrogen) atoms. The molecule has 0 bridgehead atoms.